The topological polar surface area (TPSA) is 144 Å². The summed E-state index contributed by atoms with van der Waals surface area (Å²) in [6.45, 7) is 3.68. The zero-order valence-corrected chi connectivity index (χ0v) is 18.0. The summed E-state index contributed by atoms with van der Waals surface area (Å²) >= 11 is 0. The second kappa shape index (κ2) is 7.88. The molecule has 0 aliphatic rings. The molecule has 0 atom stereocenters. The standard InChI is InChI=1S/C20H22N4O4S2/c1-13-3-7-15(8-4-13)29(25,26)23-19-12-20(18(22)11-17(19)21)24-30(27,28)16-9-5-14(2)6-10-16/h3-12,23-24H,21-22H2,1-2H3. The molecule has 0 aromatic heterocycles. The van der Waals surface area contributed by atoms with Gasteiger partial charge in [0.05, 0.1) is 32.5 Å². The molecular weight excluding hydrogens is 424 g/mol. The molecule has 3 aromatic carbocycles. The zero-order valence-electron chi connectivity index (χ0n) is 16.4. The molecule has 0 saturated carbocycles. The Bertz CT molecular complexity index is 1190. The van der Waals surface area contributed by atoms with Gasteiger partial charge in [0.15, 0.2) is 0 Å². The van der Waals surface area contributed by atoms with Crippen molar-refractivity contribution >= 4 is 42.8 Å². The Morgan fingerprint density at radius 2 is 0.933 bits per heavy atom. The molecule has 3 aromatic rings. The summed E-state index contributed by atoms with van der Waals surface area (Å²) < 4.78 is 55.4. The lowest BCUT2D eigenvalue weighted by Crippen LogP contribution is -2.17. The van der Waals surface area contributed by atoms with Crippen molar-refractivity contribution < 1.29 is 16.8 Å². The molecule has 6 N–H and O–H groups in total. The second-order valence-electron chi connectivity index (χ2n) is 6.86. The first kappa shape index (κ1) is 21.5. The summed E-state index contributed by atoms with van der Waals surface area (Å²) in [7, 11) is -7.86. The SMILES string of the molecule is Cc1ccc(S(=O)(=O)Nc2cc(NS(=O)(=O)c3ccc(C)cc3)c(N)cc2N)cc1. The van der Waals surface area contributed by atoms with Gasteiger partial charge in [-0.15, -0.1) is 0 Å². The van der Waals surface area contributed by atoms with Crippen molar-refractivity contribution in [3.05, 3.63) is 71.8 Å². The first-order valence-electron chi connectivity index (χ1n) is 8.86. The third kappa shape index (κ3) is 4.66. The van der Waals surface area contributed by atoms with Gasteiger partial charge in [-0.05, 0) is 50.2 Å². The maximum Gasteiger partial charge on any atom is 0.261 e. The molecule has 0 saturated heterocycles. The number of rotatable bonds is 6. The van der Waals surface area contributed by atoms with Crippen LogP contribution < -0.4 is 20.9 Å². The summed E-state index contributed by atoms with van der Waals surface area (Å²) in [5.41, 5.74) is 13.8. The Labute approximate surface area is 176 Å². The lowest BCUT2D eigenvalue weighted by molar-refractivity contribution is 0.599. The van der Waals surface area contributed by atoms with Crippen LogP contribution in [0.3, 0.4) is 0 Å². The Morgan fingerprint density at radius 1 is 0.600 bits per heavy atom. The van der Waals surface area contributed by atoms with Crippen LogP contribution in [-0.2, 0) is 20.0 Å². The third-order valence-electron chi connectivity index (χ3n) is 4.37. The molecule has 0 amide bonds. The average molecular weight is 447 g/mol. The van der Waals surface area contributed by atoms with Gasteiger partial charge in [-0.3, -0.25) is 9.44 Å². The number of aryl methyl sites for hydroxylation is 2. The molecule has 0 heterocycles. The summed E-state index contributed by atoms with van der Waals surface area (Å²) in [5, 5.41) is 0. The van der Waals surface area contributed by atoms with E-state index in [9.17, 15) is 16.8 Å². The number of sulfonamides is 2. The van der Waals surface area contributed by atoms with Crippen molar-refractivity contribution in [1.82, 2.24) is 0 Å². The fourth-order valence-corrected chi connectivity index (χ4v) is 4.81. The number of nitrogen functional groups attached to an aromatic ring is 2. The van der Waals surface area contributed by atoms with Crippen molar-refractivity contribution in [2.75, 3.05) is 20.9 Å². The highest BCUT2D eigenvalue weighted by molar-refractivity contribution is 7.93. The normalized spacial score (nSPS) is 11.8. The molecule has 158 valence electrons. The van der Waals surface area contributed by atoms with Gasteiger partial charge in [-0.2, -0.15) is 0 Å². The molecule has 0 bridgehead atoms. The summed E-state index contributed by atoms with van der Waals surface area (Å²) in [6, 6.07) is 15.1. The van der Waals surface area contributed by atoms with E-state index in [-0.39, 0.29) is 32.5 Å². The van der Waals surface area contributed by atoms with Crippen LogP contribution >= 0.6 is 0 Å². The lowest BCUT2D eigenvalue weighted by Gasteiger charge is -2.15. The van der Waals surface area contributed by atoms with Gasteiger partial charge in [-0.1, -0.05) is 35.4 Å². The number of benzene rings is 3. The molecule has 0 radical (unpaired) electrons. The molecule has 30 heavy (non-hydrogen) atoms. The smallest absolute Gasteiger partial charge is 0.261 e. The predicted octanol–water partition coefficient (Wildman–Crippen LogP) is 3.07. The largest absolute Gasteiger partial charge is 0.397 e. The Morgan fingerprint density at radius 3 is 1.27 bits per heavy atom. The van der Waals surface area contributed by atoms with E-state index in [0.29, 0.717) is 0 Å². The van der Waals surface area contributed by atoms with Crippen molar-refractivity contribution in [3.8, 4) is 0 Å². The maximum atomic E-state index is 12.7. The molecule has 0 unspecified atom stereocenters. The van der Waals surface area contributed by atoms with E-state index >= 15 is 0 Å². The van der Waals surface area contributed by atoms with Crippen molar-refractivity contribution in [3.63, 3.8) is 0 Å². The molecular formula is C20H22N4O4S2. The quantitative estimate of drug-likeness (QED) is 0.428. The van der Waals surface area contributed by atoms with Gasteiger partial charge < -0.3 is 11.5 Å². The van der Waals surface area contributed by atoms with Gasteiger partial charge in [0.1, 0.15) is 0 Å². The van der Waals surface area contributed by atoms with Crippen molar-refractivity contribution in [2.24, 2.45) is 0 Å². The Balaban J connectivity index is 1.94. The van der Waals surface area contributed by atoms with E-state index in [2.05, 4.69) is 9.44 Å². The summed E-state index contributed by atoms with van der Waals surface area (Å²) in [4.78, 5) is 0.0947. The van der Waals surface area contributed by atoms with E-state index in [1.54, 1.807) is 24.3 Å². The minimum atomic E-state index is -3.93. The molecule has 3 rings (SSSR count). The predicted molar refractivity (Wildman–Crippen MR) is 119 cm³/mol. The van der Waals surface area contributed by atoms with Crippen LogP contribution in [0.5, 0.6) is 0 Å². The van der Waals surface area contributed by atoms with Gasteiger partial charge in [0.25, 0.3) is 20.0 Å². The van der Waals surface area contributed by atoms with Crippen LogP contribution in [0.4, 0.5) is 22.7 Å². The fraction of sp³-hybridized carbons (Fsp3) is 0.100. The average Bonchev–Trinajstić information content (AvgIpc) is 2.66. The van der Waals surface area contributed by atoms with Crippen LogP contribution in [0, 0.1) is 13.8 Å². The first-order valence-corrected chi connectivity index (χ1v) is 11.8. The van der Waals surface area contributed by atoms with Crippen molar-refractivity contribution in [1.29, 1.82) is 0 Å². The van der Waals surface area contributed by atoms with E-state index in [4.69, 9.17) is 11.5 Å². The van der Waals surface area contributed by atoms with Crippen LogP contribution in [0.1, 0.15) is 11.1 Å². The van der Waals surface area contributed by atoms with E-state index < -0.39 is 20.0 Å². The number of nitrogens with two attached hydrogens (primary N) is 2. The number of anilines is 4. The molecule has 8 nitrogen and oxygen atoms in total. The molecule has 0 spiro atoms. The molecule has 0 aliphatic carbocycles. The Kier molecular flexibility index (Phi) is 5.64. The molecule has 0 aliphatic heterocycles. The zero-order chi connectivity index (χ0) is 22.1. The highest BCUT2D eigenvalue weighted by Crippen LogP contribution is 2.32. The number of hydrogen-bond donors (Lipinski definition) is 4. The number of nitrogens with one attached hydrogen (secondary N) is 2. The van der Waals surface area contributed by atoms with Crippen LogP contribution in [0.15, 0.2) is 70.5 Å². The minimum Gasteiger partial charge on any atom is -0.397 e. The van der Waals surface area contributed by atoms with E-state index in [0.717, 1.165) is 11.1 Å². The second-order valence-corrected chi connectivity index (χ2v) is 10.2. The molecule has 10 heteroatoms. The highest BCUT2D eigenvalue weighted by Gasteiger charge is 2.20. The molecule has 0 fully saturated rings. The summed E-state index contributed by atoms with van der Waals surface area (Å²) in [6.07, 6.45) is 0. The van der Waals surface area contributed by atoms with E-state index in [1.165, 1.54) is 36.4 Å². The number of hydrogen-bond acceptors (Lipinski definition) is 6. The van der Waals surface area contributed by atoms with Crippen molar-refractivity contribution in [2.45, 2.75) is 23.6 Å². The van der Waals surface area contributed by atoms with Gasteiger partial charge >= 0.3 is 0 Å². The fourth-order valence-electron chi connectivity index (χ4n) is 2.65. The maximum absolute atomic E-state index is 12.7. The van der Waals surface area contributed by atoms with Crippen LogP contribution in [-0.4, -0.2) is 16.8 Å². The van der Waals surface area contributed by atoms with Crippen LogP contribution in [0.25, 0.3) is 0 Å². The Hall–Kier alpha value is -3.24. The first-order chi connectivity index (χ1) is 14.0. The van der Waals surface area contributed by atoms with Crippen LogP contribution in [0.2, 0.25) is 0 Å². The minimum absolute atomic E-state index is 0.00591. The van der Waals surface area contributed by atoms with Gasteiger partial charge in [0, 0.05) is 0 Å². The highest BCUT2D eigenvalue weighted by atomic mass is 32.2. The van der Waals surface area contributed by atoms with Gasteiger partial charge in [0.2, 0.25) is 0 Å². The van der Waals surface area contributed by atoms with Gasteiger partial charge in [-0.25, -0.2) is 16.8 Å². The summed E-state index contributed by atoms with van der Waals surface area (Å²) in [5.74, 6) is 0. The monoisotopic (exact) mass is 446 g/mol. The van der Waals surface area contributed by atoms with E-state index in [1.807, 2.05) is 13.8 Å². The third-order valence-corrected chi connectivity index (χ3v) is 7.14. The lowest BCUT2D eigenvalue weighted by atomic mass is 10.2.